The van der Waals surface area contributed by atoms with E-state index in [-0.39, 0.29) is 0 Å². The van der Waals surface area contributed by atoms with E-state index >= 15 is 0 Å². The highest BCUT2D eigenvalue weighted by Gasteiger charge is 2.24. The largest absolute Gasteiger partial charge is 0.386 e. The first kappa shape index (κ1) is 11.9. The minimum atomic E-state index is -0.661. The highest BCUT2D eigenvalue weighted by molar-refractivity contribution is 4.77. The molecule has 1 aliphatic rings. The normalized spacial score (nSPS) is 31.8. The zero-order valence-electron chi connectivity index (χ0n) is 8.63. The number of β-amino-alcohol motifs (C(OH)–C–C–N with tert-alkyl or cyclic N) is 1. The third kappa shape index (κ3) is 4.70. The lowest BCUT2D eigenvalue weighted by atomic mass is 10.1. The number of hydrogen-bond donors (Lipinski definition) is 1. The van der Waals surface area contributed by atoms with Gasteiger partial charge in [-0.2, -0.15) is 0 Å². The fraction of sp³-hybridized carbons (Fsp3) is 1.00. The van der Waals surface area contributed by atoms with Crippen LogP contribution in [0.15, 0.2) is 0 Å². The predicted octanol–water partition coefficient (Wildman–Crippen LogP) is 0.726. The molecule has 0 saturated carbocycles. The second-order valence-electron chi connectivity index (χ2n) is 3.29. The first-order valence-corrected chi connectivity index (χ1v) is 4.59. The first-order valence-electron chi connectivity index (χ1n) is 4.59. The van der Waals surface area contributed by atoms with Crippen molar-refractivity contribution in [2.24, 2.45) is 0 Å². The van der Waals surface area contributed by atoms with Gasteiger partial charge in [0.15, 0.2) is 0 Å². The van der Waals surface area contributed by atoms with Crippen molar-refractivity contribution in [3.63, 3.8) is 0 Å². The Morgan fingerprint density at radius 3 is 2.58 bits per heavy atom. The third-order valence-electron chi connectivity index (χ3n) is 1.64. The molecule has 12 heavy (non-hydrogen) atoms. The Hall–Kier alpha value is -0.120. The molecular formula is C9H21NO2. The Balaban J connectivity index is 0.000000561. The molecule has 1 unspecified atom stereocenters. The summed E-state index contributed by atoms with van der Waals surface area (Å²) >= 11 is 0. The molecule has 1 rings (SSSR count). The summed E-state index contributed by atoms with van der Waals surface area (Å²) in [6.07, 6.45) is 0. The Morgan fingerprint density at radius 2 is 2.00 bits per heavy atom. The van der Waals surface area contributed by atoms with Crippen LogP contribution in [-0.4, -0.2) is 49.0 Å². The minimum Gasteiger partial charge on any atom is -0.386 e. The summed E-state index contributed by atoms with van der Waals surface area (Å²) in [6.45, 7) is 8.60. The van der Waals surface area contributed by atoms with Gasteiger partial charge in [-0.15, -0.1) is 0 Å². The van der Waals surface area contributed by atoms with Crippen LogP contribution in [0.5, 0.6) is 0 Å². The molecule has 0 aliphatic carbocycles. The highest BCUT2D eigenvalue weighted by Crippen LogP contribution is 2.08. The average Bonchev–Trinajstić information content (AvgIpc) is 2.14. The Morgan fingerprint density at radius 1 is 1.42 bits per heavy atom. The van der Waals surface area contributed by atoms with Crippen LogP contribution in [0.1, 0.15) is 20.8 Å². The average molecular weight is 175 g/mol. The number of ether oxygens (including phenoxy) is 1. The van der Waals surface area contributed by atoms with Crippen molar-refractivity contribution in [1.82, 2.24) is 4.90 Å². The van der Waals surface area contributed by atoms with Gasteiger partial charge in [0.25, 0.3) is 0 Å². The van der Waals surface area contributed by atoms with Gasteiger partial charge in [0.1, 0.15) is 0 Å². The van der Waals surface area contributed by atoms with E-state index in [9.17, 15) is 5.11 Å². The summed E-state index contributed by atoms with van der Waals surface area (Å²) in [7, 11) is 1.99. The molecule has 1 fully saturated rings. The van der Waals surface area contributed by atoms with Crippen molar-refractivity contribution in [2.75, 3.05) is 33.4 Å². The second-order valence-corrected chi connectivity index (χ2v) is 3.29. The van der Waals surface area contributed by atoms with E-state index in [4.69, 9.17) is 4.74 Å². The zero-order valence-corrected chi connectivity index (χ0v) is 8.63. The van der Waals surface area contributed by atoms with Gasteiger partial charge in [-0.3, -0.25) is 0 Å². The lowest BCUT2D eigenvalue weighted by molar-refractivity contribution is -0.0202. The lowest BCUT2D eigenvalue weighted by Gasteiger charge is -2.23. The van der Waals surface area contributed by atoms with Crippen molar-refractivity contribution in [2.45, 2.75) is 26.4 Å². The molecule has 0 spiro atoms. The predicted molar refractivity (Wildman–Crippen MR) is 50.3 cm³/mol. The molecule has 1 saturated heterocycles. The maximum Gasteiger partial charge on any atom is 0.0978 e. The topological polar surface area (TPSA) is 32.7 Å². The number of rotatable bonds is 0. The smallest absolute Gasteiger partial charge is 0.0978 e. The fourth-order valence-electron chi connectivity index (χ4n) is 1.22. The Labute approximate surface area is 75.3 Å². The molecule has 0 bridgehead atoms. The van der Waals surface area contributed by atoms with Gasteiger partial charge in [0, 0.05) is 13.1 Å². The van der Waals surface area contributed by atoms with Crippen molar-refractivity contribution < 1.29 is 9.84 Å². The molecule has 1 atom stereocenters. The van der Waals surface area contributed by atoms with Crippen molar-refractivity contribution in [3.8, 4) is 0 Å². The van der Waals surface area contributed by atoms with Gasteiger partial charge in [-0.1, -0.05) is 13.8 Å². The molecule has 1 aliphatic heterocycles. The summed E-state index contributed by atoms with van der Waals surface area (Å²) in [6, 6.07) is 0. The van der Waals surface area contributed by atoms with Crippen molar-refractivity contribution >= 4 is 0 Å². The third-order valence-corrected chi connectivity index (χ3v) is 1.64. The Kier molecular flexibility index (Phi) is 5.46. The quantitative estimate of drug-likeness (QED) is 0.589. The van der Waals surface area contributed by atoms with Crippen LogP contribution in [0, 0.1) is 0 Å². The number of aliphatic hydroxyl groups is 1. The number of hydrogen-bond acceptors (Lipinski definition) is 3. The molecule has 0 aromatic carbocycles. The van der Waals surface area contributed by atoms with E-state index in [1.807, 2.05) is 20.9 Å². The van der Waals surface area contributed by atoms with Crippen LogP contribution in [0.3, 0.4) is 0 Å². The van der Waals surface area contributed by atoms with E-state index < -0.39 is 5.60 Å². The van der Waals surface area contributed by atoms with Crippen LogP contribution < -0.4 is 0 Å². The van der Waals surface area contributed by atoms with E-state index in [2.05, 4.69) is 4.90 Å². The van der Waals surface area contributed by atoms with Gasteiger partial charge in [0.05, 0.1) is 18.8 Å². The molecule has 0 aromatic heterocycles. The van der Waals surface area contributed by atoms with Crippen LogP contribution in [0.2, 0.25) is 0 Å². The fourth-order valence-corrected chi connectivity index (χ4v) is 1.22. The molecule has 1 N–H and O–H groups in total. The SMILES string of the molecule is CC.CN1CCOCC(C)(O)C1. The van der Waals surface area contributed by atoms with E-state index in [0.717, 1.165) is 13.2 Å². The second kappa shape index (κ2) is 5.51. The summed E-state index contributed by atoms with van der Waals surface area (Å²) in [5.74, 6) is 0. The molecular weight excluding hydrogens is 154 g/mol. The molecule has 0 aromatic rings. The standard InChI is InChI=1S/C7H15NO2.C2H6/c1-7(9)5-8(2)3-4-10-6-7;1-2/h9H,3-6H2,1-2H3;1-2H3. The van der Waals surface area contributed by atoms with Crippen LogP contribution in [0.4, 0.5) is 0 Å². The van der Waals surface area contributed by atoms with Gasteiger partial charge in [-0.25, -0.2) is 0 Å². The summed E-state index contributed by atoms with van der Waals surface area (Å²) in [5, 5.41) is 9.56. The van der Waals surface area contributed by atoms with E-state index in [0.29, 0.717) is 13.2 Å². The molecule has 3 heteroatoms. The van der Waals surface area contributed by atoms with Crippen molar-refractivity contribution in [1.29, 1.82) is 0 Å². The monoisotopic (exact) mass is 175 g/mol. The summed E-state index contributed by atoms with van der Waals surface area (Å²) < 4.78 is 5.19. The van der Waals surface area contributed by atoms with E-state index in [1.54, 1.807) is 6.92 Å². The molecule has 0 radical (unpaired) electrons. The highest BCUT2D eigenvalue weighted by atomic mass is 16.5. The maximum absolute atomic E-state index is 9.56. The van der Waals surface area contributed by atoms with Crippen molar-refractivity contribution in [3.05, 3.63) is 0 Å². The maximum atomic E-state index is 9.56. The zero-order chi connectivity index (χ0) is 9.61. The molecule has 3 nitrogen and oxygen atoms in total. The van der Waals surface area contributed by atoms with E-state index in [1.165, 1.54) is 0 Å². The summed E-state index contributed by atoms with van der Waals surface area (Å²) in [4.78, 5) is 2.08. The van der Waals surface area contributed by atoms with Gasteiger partial charge >= 0.3 is 0 Å². The number of nitrogens with zero attached hydrogens (tertiary/aromatic N) is 1. The van der Waals surface area contributed by atoms with Gasteiger partial charge in [0.2, 0.25) is 0 Å². The van der Waals surface area contributed by atoms with Gasteiger partial charge in [-0.05, 0) is 14.0 Å². The summed E-state index contributed by atoms with van der Waals surface area (Å²) in [5.41, 5.74) is -0.661. The van der Waals surface area contributed by atoms with Crippen LogP contribution in [0.25, 0.3) is 0 Å². The minimum absolute atomic E-state index is 0.456. The first-order chi connectivity index (χ1) is 5.60. The van der Waals surface area contributed by atoms with Crippen LogP contribution in [-0.2, 0) is 4.74 Å². The lowest BCUT2D eigenvalue weighted by Crippen LogP contribution is -2.39. The molecule has 0 amide bonds. The number of likely N-dealkylation sites (N-methyl/N-ethyl adjacent to an activating group) is 1. The van der Waals surface area contributed by atoms with Gasteiger partial charge < -0.3 is 14.7 Å². The van der Waals surface area contributed by atoms with Crippen LogP contribution >= 0.6 is 0 Å². The molecule has 1 heterocycles. The molecule has 74 valence electrons. The Bertz CT molecular complexity index is 115.